The van der Waals surface area contributed by atoms with Gasteiger partial charge in [-0.15, -0.1) is 0 Å². The number of sulfonamides is 3. The number of aliphatic hydroxyl groups excluding tert-OH is 1. The van der Waals surface area contributed by atoms with Crippen LogP contribution in [0.4, 0.5) is 0 Å². The number of carbonyl (C=O) groups excluding carboxylic acids is 1. The van der Waals surface area contributed by atoms with Gasteiger partial charge in [0.25, 0.3) is 16.6 Å². The molecule has 2 saturated carbocycles. The van der Waals surface area contributed by atoms with Crippen LogP contribution in [-0.2, 0) is 62.9 Å². The van der Waals surface area contributed by atoms with E-state index in [1.54, 1.807) is 0 Å². The van der Waals surface area contributed by atoms with E-state index in [1.807, 2.05) is 0 Å². The van der Waals surface area contributed by atoms with Gasteiger partial charge in [-0.1, -0.05) is 74.7 Å². The second-order valence-electron chi connectivity index (χ2n) is 19.5. The maximum absolute atomic E-state index is 11.3. The normalized spacial score (nSPS) is 23.1. The average molecular weight is 1100 g/mol. The van der Waals surface area contributed by atoms with E-state index in [4.69, 9.17) is 23.1 Å². The fraction of sp³-hybridized carbons (Fsp3) is 0.974. The molecule has 0 bridgehead atoms. The smallest absolute Gasteiger partial charge is 1.00 e. The van der Waals surface area contributed by atoms with E-state index in [1.165, 1.54) is 19.1 Å². The molecule has 1 heterocycles. The first-order valence-electron chi connectivity index (χ1n) is 20.9. The van der Waals surface area contributed by atoms with Crippen LogP contribution in [0.15, 0.2) is 0 Å². The first-order chi connectivity index (χ1) is 27.8. The third-order valence-electron chi connectivity index (χ3n) is 11.5. The van der Waals surface area contributed by atoms with Crippen molar-refractivity contribution in [1.29, 1.82) is 0 Å². The number of nitrogens with two attached hydrogens (primary N) is 1. The Kier molecular flexibility index (Phi) is 41.1. The van der Waals surface area contributed by atoms with Crippen LogP contribution in [0, 0.1) is 17.8 Å². The first kappa shape index (κ1) is 76.5. The summed E-state index contributed by atoms with van der Waals surface area (Å²) in [5, 5.41) is 25.7. The SMILES string of the molecule is C.CC(C)(C)[Si](C)(C)OC1CCCCC1CNS(C)(=O)=O.CC(C)(C)[Si](C)(C)OC1CCCCC1COS(C)(=O)=O.CS(=O)(=O)NCC1CNCCC1O.CS(N)(=O)=O.O=CO[O-].[H-].[K+].[K+]. The molecule has 1 aliphatic heterocycles. The van der Waals surface area contributed by atoms with Crippen LogP contribution in [-0.4, -0.2) is 138 Å². The molecular weight excluding hydrogens is 1020 g/mol. The van der Waals surface area contributed by atoms with Gasteiger partial charge in [0.15, 0.2) is 16.6 Å². The topological polar surface area (TPSA) is 296 Å². The van der Waals surface area contributed by atoms with E-state index in [0.717, 1.165) is 63.8 Å². The molecular formula is C38H88K2N4O15S4Si2. The summed E-state index contributed by atoms with van der Waals surface area (Å²) < 4.78 is 108. The summed E-state index contributed by atoms with van der Waals surface area (Å²) in [5.41, 5.74) is 0. The minimum absolute atomic E-state index is 0. The molecule has 1 saturated heterocycles. The minimum Gasteiger partial charge on any atom is -1.00 e. The summed E-state index contributed by atoms with van der Waals surface area (Å²) in [7, 11) is -16.4. The van der Waals surface area contributed by atoms with Crippen LogP contribution in [0.5, 0.6) is 0 Å². The molecule has 3 aliphatic rings. The minimum atomic E-state index is -3.36. The van der Waals surface area contributed by atoms with Crippen molar-refractivity contribution in [3.63, 3.8) is 0 Å². The van der Waals surface area contributed by atoms with Crippen molar-refractivity contribution in [2.45, 2.75) is 161 Å². The number of carbonyl (C=O) groups is 1. The molecule has 2 aliphatic carbocycles. The molecule has 27 heteroatoms. The van der Waals surface area contributed by atoms with E-state index in [2.05, 4.69) is 92.5 Å². The van der Waals surface area contributed by atoms with E-state index < -0.39 is 62.9 Å². The van der Waals surface area contributed by atoms with Gasteiger partial charge >= 0.3 is 103 Å². The number of aliphatic hydroxyl groups is 1. The Morgan fingerprint density at radius 2 is 1.05 bits per heavy atom. The van der Waals surface area contributed by atoms with Gasteiger partial charge < -0.3 is 30.8 Å². The van der Waals surface area contributed by atoms with Gasteiger partial charge in [0.2, 0.25) is 30.1 Å². The number of primary sulfonamides is 1. The van der Waals surface area contributed by atoms with Gasteiger partial charge in [0.1, 0.15) is 0 Å². The van der Waals surface area contributed by atoms with E-state index in [9.17, 15) is 38.8 Å². The zero-order valence-electron chi connectivity index (χ0n) is 42.8. The molecule has 0 aromatic carbocycles. The number of rotatable bonds is 14. The standard InChI is InChI=1S/C14H31NO3SSi.C14H30O4SSi.C7H16N2O3S.CH5NO2S.CH2O3.CH4.2K.H/c1-14(2,3)20(5,6)18-13-10-8-7-9-12(13)11-15-19(4,16)17;1-14(2,3)20(5,6)18-13-10-8-7-9-12(13)11-17-19(4,15)16;1-13(11,12)9-5-6-4-8-3-2-7(6)10;1-5(2,3)4;2-1-4-3;;;;/h12-13,15H,7-11H2,1-6H3;12-13H,7-11H2,1-6H3;6-10H,2-5H2,1H3;1H3,(H2,2,3,4);1,3H;1H4;;;/q;;;;;;2*+1;-1/p-1. The summed E-state index contributed by atoms with van der Waals surface area (Å²) in [5.74, 6) is 0.503. The Morgan fingerprint density at radius 1 is 0.708 bits per heavy atom. The van der Waals surface area contributed by atoms with Crippen molar-refractivity contribution in [3.05, 3.63) is 0 Å². The summed E-state index contributed by atoms with van der Waals surface area (Å²) in [6, 6.07) is 0. The molecule has 6 unspecified atom stereocenters. The number of hydrogen-bond donors (Lipinski definition) is 5. The molecule has 3 rings (SSSR count). The zero-order valence-corrected chi connectivity index (χ0v) is 53.3. The van der Waals surface area contributed by atoms with Gasteiger partial charge in [-0.2, -0.15) is 8.42 Å². The van der Waals surface area contributed by atoms with E-state index in [0.29, 0.717) is 32.0 Å². The molecule has 6 N–H and O–H groups in total. The van der Waals surface area contributed by atoms with Crippen molar-refractivity contribution in [2.75, 3.05) is 57.8 Å². The number of piperidine rings is 1. The third kappa shape index (κ3) is 40.8. The molecule has 0 aromatic rings. The molecule has 384 valence electrons. The van der Waals surface area contributed by atoms with Crippen LogP contribution >= 0.6 is 0 Å². The third-order valence-corrected chi connectivity index (χ3v) is 22.5. The Bertz CT molecular complexity index is 1660. The molecule has 3 fully saturated rings. The fourth-order valence-corrected chi connectivity index (χ4v) is 10.3. The second kappa shape index (κ2) is 34.9. The molecule has 19 nitrogen and oxygen atoms in total. The van der Waals surface area contributed by atoms with Gasteiger partial charge in [-0.05, 0) is 80.8 Å². The van der Waals surface area contributed by atoms with Crippen molar-refractivity contribution >= 4 is 63.3 Å². The van der Waals surface area contributed by atoms with Crippen LogP contribution < -0.4 is 128 Å². The van der Waals surface area contributed by atoms with Gasteiger partial charge in [-0.25, -0.2) is 39.8 Å². The molecule has 0 radical (unpaired) electrons. The quantitative estimate of drug-likeness (QED) is 0.0388. The molecule has 0 aromatic heterocycles. The van der Waals surface area contributed by atoms with Crippen molar-refractivity contribution < 1.29 is 171 Å². The largest absolute Gasteiger partial charge is 1.00 e. The summed E-state index contributed by atoms with van der Waals surface area (Å²) in [6.45, 7) is 24.8. The van der Waals surface area contributed by atoms with Crippen LogP contribution in [0.3, 0.4) is 0 Å². The van der Waals surface area contributed by atoms with Crippen molar-refractivity contribution in [2.24, 2.45) is 22.9 Å². The van der Waals surface area contributed by atoms with Crippen LogP contribution in [0.25, 0.3) is 0 Å². The monoisotopic (exact) mass is 1100 g/mol. The molecule has 65 heavy (non-hydrogen) atoms. The molecule has 6 atom stereocenters. The van der Waals surface area contributed by atoms with E-state index >= 15 is 0 Å². The maximum atomic E-state index is 11.3. The predicted molar refractivity (Wildman–Crippen MR) is 256 cm³/mol. The summed E-state index contributed by atoms with van der Waals surface area (Å²) in [6.07, 6.45) is 13.8. The van der Waals surface area contributed by atoms with Crippen molar-refractivity contribution in [1.82, 2.24) is 14.8 Å². The number of hydrogen-bond acceptors (Lipinski definition) is 16. The summed E-state index contributed by atoms with van der Waals surface area (Å²) in [4.78, 5) is 11.2. The Hall–Kier alpha value is 2.62. The fourth-order valence-electron chi connectivity index (χ4n) is 6.04. The Balaban J connectivity index is -0.000000184. The zero-order chi connectivity index (χ0) is 49.0. The van der Waals surface area contributed by atoms with Gasteiger partial charge in [0, 0.05) is 37.6 Å². The molecule has 0 amide bonds. The Labute approximate surface area is 484 Å². The van der Waals surface area contributed by atoms with Gasteiger partial charge in [-0.3, -0.25) is 8.98 Å². The van der Waals surface area contributed by atoms with Crippen LogP contribution in [0.1, 0.15) is 108 Å². The maximum Gasteiger partial charge on any atom is 1.00 e. The van der Waals surface area contributed by atoms with Gasteiger partial charge in [0.05, 0.1) is 43.8 Å². The Morgan fingerprint density at radius 3 is 1.37 bits per heavy atom. The van der Waals surface area contributed by atoms with Crippen molar-refractivity contribution in [3.8, 4) is 0 Å². The predicted octanol–water partition coefficient (Wildman–Crippen LogP) is -2.74. The first-order valence-corrected chi connectivity index (χ1v) is 34.3. The molecule has 0 spiro atoms. The van der Waals surface area contributed by atoms with E-state index in [-0.39, 0.29) is 159 Å². The number of nitrogens with one attached hydrogen (secondary N) is 3. The average Bonchev–Trinajstić information content (AvgIpc) is 3.08. The summed E-state index contributed by atoms with van der Waals surface area (Å²) >= 11 is 0. The second-order valence-corrected chi connectivity index (χ2v) is 36.0. The van der Waals surface area contributed by atoms with Crippen LogP contribution in [0.2, 0.25) is 36.3 Å².